The molecule has 1 aromatic carbocycles. The first-order valence-corrected chi connectivity index (χ1v) is 5.54. The molecule has 0 radical (unpaired) electrons. The van der Waals surface area contributed by atoms with E-state index in [1.165, 1.54) is 0 Å². The van der Waals surface area contributed by atoms with E-state index in [0.717, 1.165) is 16.8 Å². The predicted octanol–water partition coefficient (Wildman–Crippen LogP) is 3.50. The van der Waals surface area contributed by atoms with E-state index in [9.17, 15) is 0 Å². The van der Waals surface area contributed by atoms with Gasteiger partial charge in [0.05, 0.1) is 18.7 Å². The van der Waals surface area contributed by atoms with Crippen molar-refractivity contribution >= 4 is 11.6 Å². The second-order valence-corrected chi connectivity index (χ2v) is 3.63. The predicted molar refractivity (Wildman–Crippen MR) is 65.8 cm³/mol. The van der Waals surface area contributed by atoms with Gasteiger partial charge in [0.15, 0.2) is 0 Å². The maximum absolute atomic E-state index is 5.79. The number of hydrogen-bond donors (Lipinski definition) is 0. The minimum atomic E-state index is 0.408. The molecule has 2 rings (SSSR count). The summed E-state index contributed by atoms with van der Waals surface area (Å²) in [6.07, 6.45) is 0. The lowest BCUT2D eigenvalue weighted by atomic mass is 10.1. The third kappa shape index (κ3) is 2.17. The Labute approximate surface area is 99.9 Å². The van der Waals surface area contributed by atoms with E-state index >= 15 is 0 Å². The molecule has 0 atom stereocenters. The Morgan fingerprint density at radius 2 is 1.88 bits per heavy atom. The van der Waals surface area contributed by atoms with Crippen LogP contribution in [0.25, 0.3) is 11.3 Å². The Bertz CT molecular complexity index is 471. The Hall–Kier alpha value is -1.54. The molecule has 0 fully saturated rings. The largest absolute Gasteiger partial charge is 0.481 e. The molecule has 1 aromatic heterocycles. The van der Waals surface area contributed by atoms with E-state index in [0.29, 0.717) is 11.8 Å². The van der Waals surface area contributed by atoms with Gasteiger partial charge in [0.1, 0.15) is 0 Å². The van der Waals surface area contributed by atoms with Crippen LogP contribution in [0.4, 0.5) is 0 Å². The van der Waals surface area contributed by atoms with Crippen molar-refractivity contribution in [2.45, 2.75) is 5.88 Å². The van der Waals surface area contributed by atoms with Gasteiger partial charge in [0, 0.05) is 11.1 Å². The van der Waals surface area contributed by atoms with Crippen LogP contribution >= 0.6 is 11.6 Å². The number of alkyl halides is 1. The van der Waals surface area contributed by atoms with Crippen molar-refractivity contribution in [2.75, 3.05) is 7.11 Å². The van der Waals surface area contributed by atoms with Crippen LogP contribution in [0.1, 0.15) is 5.56 Å². The average molecular weight is 234 g/mol. The van der Waals surface area contributed by atoms with Gasteiger partial charge in [0.2, 0.25) is 5.88 Å². The molecule has 1 heterocycles. The van der Waals surface area contributed by atoms with Gasteiger partial charge in [-0.05, 0) is 6.07 Å². The van der Waals surface area contributed by atoms with Crippen LogP contribution in [-0.2, 0) is 5.88 Å². The normalized spacial score (nSPS) is 10.1. The van der Waals surface area contributed by atoms with Crippen LogP contribution in [0.5, 0.6) is 5.88 Å². The minimum absolute atomic E-state index is 0.408. The van der Waals surface area contributed by atoms with Crippen LogP contribution in [0.2, 0.25) is 0 Å². The van der Waals surface area contributed by atoms with Gasteiger partial charge in [-0.2, -0.15) is 0 Å². The number of halogens is 1. The SMILES string of the molecule is COc1nc(-c2ccccc2)ccc1CCl. The summed E-state index contributed by atoms with van der Waals surface area (Å²) in [5, 5.41) is 0. The molecule has 0 aliphatic carbocycles. The van der Waals surface area contributed by atoms with Crippen molar-refractivity contribution in [3.8, 4) is 17.1 Å². The third-order valence-corrected chi connectivity index (χ3v) is 2.63. The molecule has 2 aromatic rings. The zero-order chi connectivity index (χ0) is 11.4. The van der Waals surface area contributed by atoms with Crippen LogP contribution < -0.4 is 4.74 Å². The zero-order valence-corrected chi connectivity index (χ0v) is 9.74. The first-order valence-electron chi connectivity index (χ1n) is 5.00. The van der Waals surface area contributed by atoms with E-state index in [1.54, 1.807) is 7.11 Å². The number of rotatable bonds is 3. The number of pyridine rings is 1. The number of nitrogens with zero attached hydrogens (tertiary/aromatic N) is 1. The average Bonchev–Trinajstić information content (AvgIpc) is 2.39. The highest BCUT2D eigenvalue weighted by atomic mass is 35.5. The standard InChI is InChI=1S/C13H12ClNO/c1-16-13-11(9-14)7-8-12(15-13)10-5-3-2-4-6-10/h2-8H,9H2,1H3. The Kier molecular flexibility index (Phi) is 3.42. The third-order valence-electron chi connectivity index (χ3n) is 2.35. The number of ether oxygens (including phenoxy) is 1. The van der Waals surface area contributed by atoms with Crippen molar-refractivity contribution in [1.82, 2.24) is 4.98 Å². The molecular weight excluding hydrogens is 222 g/mol. The molecule has 0 N–H and O–H groups in total. The summed E-state index contributed by atoms with van der Waals surface area (Å²) in [5.74, 6) is 1.00. The maximum atomic E-state index is 5.79. The number of hydrogen-bond acceptors (Lipinski definition) is 2. The van der Waals surface area contributed by atoms with Gasteiger partial charge in [-0.15, -0.1) is 11.6 Å². The molecule has 0 amide bonds. The lowest BCUT2D eigenvalue weighted by molar-refractivity contribution is 0.394. The Balaban J connectivity index is 2.44. The molecule has 0 saturated carbocycles. The van der Waals surface area contributed by atoms with E-state index in [4.69, 9.17) is 16.3 Å². The summed E-state index contributed by atoms with van der Waals surface area (Å²) in [6.45, 7) is 0. The summed E-state index contributed by atoms with van der Waals surface area (Å²) in [5.41, 5.74) is 2.87. The number of aromatic nitrogens is 1. The Morgan fingerprint density at radius 1 is 1.12 bits per heavy atom. The number of methoxy groups -OCH3 is 1. The minimum Gasteiger partial charge on any atom is -0.481 e. The highest BCUT2D eigenvalue weighted by Crippen LogP contribution is 2.23. The molecule has 0 unspecified atom stereocenters. The van der Waals surface area contributed by atoms with Crippen LogP contribution in [-0.4, -0.2) is 12.1 Å². The molecule has 2 nitrogen and oxygen atoms in total. The van der Waals surface area contributed by atoms with E-state index in [-0.39, 0.29) is 0 Å². The topological polar surface area (TPSA) is 22.1 Å². The van der Waals surface area contributed by atoms with Gasteiger partial charge in [-0.25, -0.2) is 4.98 Å². The van der Waals surface area contributed by atoms with Crippen LogP contribution in [0.15, 0.2) is 42.5 Å². The maximum Gasteiger partial charge on any atom is 0.218 e. The zero-order valence-electron chi connectivity index (χ0n) is 8.98. The van der Waals surface area contributed by atoms with Crippen molar-refractivity contribution < 1.29 is 4.74 Å². The molecule has 0 aliphatic heterocycles. The van der Waals surface area contributed by atoms with Gasteiger partial charge in [-0.3, -0.25) is 0 Å². The smallest absolute Gasteiger partial charge is 0.218 e. The molecule has 0 aliphatic rings. The fraction of sp³-hybridized carbons (Fsp3) is 0.154. The van der Waals surface area contributed by atoms with E-state index in [2.05, 4.69) is 4.98 Å². The quantitative estimate of drug-likeness (QED) is 0.757. The van der Waals surface area contributed by atoms with Crippen molar-refractivity contribution in [3.05, 3.63) is 48.0 Å². The van der Waals surface area contributed by atoms with Crippen LogP contribution in [0.3, 0.4) is 0 Å². The summed E-state index contributed by atoms with van der Waals surface area (Å²) in [4.78, 5) is 4.43. The Morgan fingerprint density at radius 3 is 2.50 bits per heavy atom. The molecule has 3 heteroatoms. The lowest BCUT2D eigenvalue weighted by Crippen LogP contribution is -1.94. The summed E-state index contributed by atoms with van der Waals surface area (Å²) >= 11 is 5.79. The molecule has 0 bridgehead atoms. The van der Waals surface area contributed by atoms with Gasteiger partial charge < -0.3 is 4.74 Å². The first kappa shape index (κ1) is 11.0. The van der Waals surface area contributed by atoms with Gasteiger partial charge >= 0.3 is 0 Å². The fourth-order valence-corrected chi connectivity index (χ4v) is 1.72. The molecule has 0 spiro atoms. The second-order valence-electron chi connectivity index (χ2n) is 3.36. The lowest BCUT2D eigenvalue weighted by Gasteiger charge is -2.07. The molecular formula is C13H12ClNO. The van der Waals surface area contributed by atoms with Crippen molar-refractivity contribution in [2.24, 2.45) is 0 Å². The molecule has 16 heavy (non-hydrogen) atoms. The van der Waals surface area contributed by atoms with Crippen LogP contribution in [0, 0.1) is 0 Å². The molecule has 82 valence electrons. The fourth-order valence-electron chi connectivity index (χ4n) is 1.52. The second kappa shape index (κ2) is 4.99. The molecule has 0 saturated heterocycles. The van der Waals surface area contributed by atoms with E-state index in [1.807, 2.05) is 42.5 Å². The summed E-state index contributed by atoms with van der Waals surface area (Å²) < 4.78 is 5.20. The highest BCUT2D eigenvalue weighted by Gasteiger charge is 2.06. The number of benzene rings is 1. The van der Waals surface area contributed by atoms with Crippen molar-refractivity contribution in [1.29, 1.82) is 0 Å². The van der Waals surface area contributed by atoms with E-state index < -0.39 is 0 Å². The van der Waals surface area contributed by atoms with Crippen molar-refractivity contribution in [3.63, 3.8) is 0 Å². The van der Waals surface area contributed by atoms with Gasteiger partial charge in [0.25, 0.3) is 0 Å². The highest BCUT2D eigenvalue weighted by molar-refractivity contribution is 6.17. The summed E-state index contributed by atoms with van der Waals surface area (Å²) in [6, 6.07) is 13.9. The van der Waals surface area contributed by atoms with Gasteiger partial charge in [-0.1, -0.05) is 36.4 Å². The monoisotopic (exact) mass is 233 g/mol. The first-order chi connectivity index (χ1) is 7.85. The summed E-state index contributed by atoms with van der Waals surface area (Å²) in [7, 11) is 1.60.